The summed E-state index contributed by atoms with van der Waals surface area (Å²) in [6.07, 6.45) is 2.27. The van der Waals surface area contributed by atoms with Gasteiger partial charge < -0.3 is 19.8 Å². The van der Waals surface area contributed by atoms with E-state index in [2.05, 4.69) is 20.3 Å². The van der Waals surface area contributed by atoms with Gasteiger partial charge in [0.05, 0.1) is 5.69 Å². The number of rotatable bonds is 7. The third-order valence-electron chi connectivity index (χ3n) is 5.39. The predicted octanol–water partition coefficient (Wildman–Crippen LogP) is 2.99. The van der Waals surface area contributed by atoms with Crippen LogP contribution in [0.4, 0.5) is 5.69 Å². The minimum absolute atomic E-state index is 0.167. The van der Waals surface area contributed by atoms with Gasteiger partial charge in [0.25, 0.3) is 5.91 Å². The first kappa shape index (κ1) is 20.0. The summed E-state index contributed by atoms with van der Waals surface area (Å²) in [5.74, 6) is 0.164. The zero-order chi connectivity index (χ0) is 20.8. The second-order valence-corrected chi connectivity index (χ2v) is 7.37. The molecule has 0 radical (unpaired) electrons. The van der Waals surface area contributed by atoms with E-state index in [1.165, 1.54) is 6.26 Å². The van der Waals surface area contributed by atoms with Gasteiger partial charge in [0.1, 0.15) is 23.3 Å². The van der Waals surface area contributed by atoms with Crippen LogP contribution in [0.3, 0.4) is 0 Å². The number of nitrogens with one attached hydrogen (secondary N) is 1. The van der Waals surface area contributed by atoms with Crippen molar-refractivity contribution < 1.29 is 14.4 Å². The van der Waals surface area contributed by atoms with Crippen LogP contribution in [0.5, 0.6) is 5.75 Å². The molecule has 2 aromatic carbocycles. The highest BCUT2D eigenvalue weighted by Gasteiger charge is 2.19. The van der Waals surface area contributed by atoms with Gasteiger partial charge in [0, 0.05) is 38.3 Å². The van der Waals surface area contributed by atoms with Gasteiger partial charge in [-0.25, -0.2) is 0 Å². The number of benzene rings is 2. The van der Waals surface area contributed by atoms with E-state index in [9.17, 15) is 9.90 Å². The number of para-hydroxylation sites is 2. The monoisotopic (exact) mass is 406 g/mol. The second-order valence-electron chi connectivity index (χ2n) is 7.37. The lowest BCUT2D eigenvalue weighted by Crippen LogP contribution is -2.47. The molecule has 0 spiro atoms. The predicted molar refractivity (Wildman–Crippen MR) is 116 cm³/mol. The quantitative estimate of drug-likeness (QED) is 0.587. The van der Waals surface area contributed by atoms with Gasteiger partial charge in [0.15, 0.2) is 0 Å². The molecular weight excluding hydrogens is 380 g/mol. The van der Waals surface area contributed by atoms with Crippen LogP contribution in [0, 0.1) is 0 Å². The third-order valence-corrected chi connectivity index (χ3v) is 5.39. The molecule has 1 fully saturated rings. The molecule has 4 rings (SSSR count). The van der Waals surface area contributed by atoms with Crippen molar-refractivity contribution in [2.24, 2.45) is 0 Å². The topological polar surface area (TPSA) is 81.8 Å². The molecular formula is C23H26N4O3. The summed E-state index contributed by atoms with van der Waals surface area (Å²) in [6.45, 7) is 5.15. The summed E-state index contributed by atoms with van der Waals surface area (Å²) in [4.78, 5) is 17.1. The van der Waals surface area contributed by atoms with Gasteiger partial charge in [-0.3, -0.25) is 9.69 Å². The van der Waals surface area contributed by atoms with E-state index < -0.39 is 0 Å². The van der Waals surface area contributed by atoms with Crippen LogP contribution >= 0.6 is 0 Å². The van der Waals surface area contributed by atoms with E-state index in [0.29, 0.717) is 23.6 Å². The molecule has 0 bridgehead atoms. The molecule has 0 unspecified atom stereocenters. The molecule has 0 aliphatic carbocycles. The van der Waals surface area contributed by atoms with Crippen molar-refractivity contribution in [3.63, 3.8) is 0 Å². The van der Waals surface area contributed by atoms with E-state index in [-0.39, 0.29) is 5.91 Å². The van der Waals surface area contributed by atoms with Crippen LogP contribution in [0.2, 0.25) is 0 Å². The number of nitrogens with zero attached hydrogens (tertiary/aromatic N) is 3. The van der Waals surface area contributed by atoms with Crippen LogP contribution in [-0.2, 0) is 0 Å². The van der Waals surface area contributed by atoms with Crippen LogP contribution in [-0.4, -0.2) is 60.3 Å². The molecule has 1 aromatic heterocycles. The summed E-state index contributed by atoms with van der Waals surface area (Å²) < 4.78 is 5.04. The molecule has 3 aromatic rings. The maximum atomic E-state index is 12.5. The zero-order valence-electron chi connectivity index (χ0n) is 16.8. The van der Waals surface area contributed by atoms with Crippen molar-refractivity contribution >= 4 is 11.6 Å². The lowest BCUT2D eigenvalue weighted by Gasteiger charge is -2.36. The number of carbonyl (C=O) groups excluding carboxylic acids is 1. The second kappa shape index (κ2) is 9.45. The number of anilines is 1. The fourth-order valence-electron chi connectivity index (χ4n) is 3.75. The van der Waals surface area contributed by atoms with Gasteiger partial charge in [-0.1, -0.05) is 47.6 Å². The molecule has 1 amide bonds. The van der Waals surface area contributed by atoms with E-state index in [4.69, 9.17) is 4.52 Å². The number of phenolic OH excluding ortho intramolecular Hbond substituents is 1. The molecule has 1 aliphatic rings. The number of amides is 1. The van der Waals surface area contributed by atoms with Gasteiger partial charge in [0.2, 0.25) is 0 Å². The highest BCUT2D eigenvalue weighted by molar-refractivity contribution is 5.99. The van der Waals surface area contributed by atoms with Gasteiger partial charge in [-0.2, -0.15) is 0 Å². The van der Waals surface area contributed by atoms with Crippen molar-refractivity contribution in [1.29, 1.82) is 0 Å². The average molecular weight is 406 g/mol. The number of hydrogen-bond donors (Lipinski definition) is 2. The molecule has 7 heteroatoms. The molecule has 156 valence electrons. The van der Waals surface area contributed by atoms with E-state index in [1.54, 1.807) is 6.07 Å². The maximum Gasteiger partial charge on any atom is 0.256 e. The van der Waals surface area contributed by atoms with Crippen molar-refractivity contribution in [2.75, 3.05) is 44.2 Å². The molecule has 0 atom stereocenters. The zero-order valence-corrected chi connectivity index (χ0v) is 16.8. The number of aromatic hydroxyl groups is 1. The molecule has 30 heavy (non-hydrogen) atoms. The first-order chi connectivity index (χ1) is 14.7. The minimum Gasteiger partial charge on any atom is -0.506 e. The number of piperazine rings is 1. The number of carbonyl (C=O) groups is 1. The summed E-state index contributed by atoms with van der Waals surface area (Å²) in [6, 6.07) is 17.0. The number of hydrogen-bond acceptors (Lipinski definition) is 6. The van der Waals surface area contributed by atoms with E-state index in [0.717, 1.165) is 50.4 Å². The molecule has 2 N–H and O–H groups in total. The Hall–Kier alpha value is -3.32. The Morgan fingerprint density at radius 1 is 1.03 bits per heavy atom. The standard InChI is InChI=1S/C23H26N4O3/c28-21-10-5-4-9-20(21)27-15-13-26(14-16-27)12-6-11-24-23(29)19-17-30-25-22(19)18-7-2-1-3-8-18/h1-5,7-10,17,28H,6,11-16H2,(H,24,29). The molecule has 7 nitrogen and oxygen atoms in total. The molecule has 0 saturated carbocycles. The number of aromatic nitrogens is 1. The Morgan fingerprint density at radius 3 is 2.53 bits per heavy atom. The van der Waals surface area contributed by atoms with Crippen LogP contribution < -0.4 is 10.2 Å². The molecule has 2 heterocycles. The van der Waals surface area contributed by atoms with Crippen molar-refractivity contribution in [2.45, 2.75) is 6.42 Å². The Kier molecular flexibility index (Phi) is 6.29. The minimum atomic E-state index is -0.167. The summed E-state index contributed by atoms with van der Waals surface area (Å²) in [5.41, 5.74) is 2.77. The summed E-state index contributed by atoms with van der Waals surface area (Å²) in [7, 11) is 0. The maximum absolute atomic E-state index is 12.5. The lowest BCUT2D eigenvalue weighted by atomic mass is 10.1. The van der Waals surface area contributed by atoms with E-state index in [1.807, 2.05) is 48.5 Å². The van der Waals surface area contributed by atoms with Gasteiger partial charge in [-0.05, 0) is 25.1 Å². The van der Waals surface area contributed by atoms with Crippen molar-refractivity contribution in [3.8, 4) is 17.0 Å². The fraction of sp³-hybridized carbons (Fsp3) is 0.304. The summed E-state index contributed by atoms with van der Waals surface area (Å²) >= 11 is 0. The fourth-order valence-corrected chi connectivity index (χ4v) is 3.75. The highest BCUT2D eigenvalue weighted by atomic mass is 16.5. The Labute approximate surface area is 175 Å². The Balaban J connectivity index is 1.21. The van der Waals surface area contributed by atoms with Crippen molar-refractivity contribution in [3.05, 3.63) is 66.4 Å². The highest BCUT2D eigenvalue weighted by Crippen LogP contribution is 2.27. The molecule has 1 aliphatic heterocycles. The smallest absolute Gasteiger partial charge is 0.256 e. The van der Waals surface area contributed by atoms with Gasteiger partial charge >= 0.3 is 0 Å². The first-order valence-electron chi connectivity index (χ1n) is 10.3. The van der Waals surface area contributed by atoms with Crippen LogP contribution in [0.25, 0.3) is 11.3 Å². The van der Waals surface area contributed by atoms with Crippen LogP contribution in [0.1, 0.15) is 16.8 Å². The van der Waals surface area contributed by atoms with E-state index >= 15 is 0 Å². The third kappa shape index (κ3) is 4.63. The largest absolute Gasteiger partial charge is 0.506 e. The SMILES string of the molecule is O=C(NCCCN1CCN(c2ccccc2O)CC1)c1conc1-c1ccccc1. The first-order valence-corrected chi connectivity index (χ1v) is 10.3. The average Bonchev–Trinajstić information content (AvgIpc) is 3.28. The van der Waals surface area contributed by atoms with Gasteiger partial charge in [-0.15, -0.1) is 0 Å². The van der Waals surface area contributed by atoms with Crippen molar-refractivity contribution in [1.82, 2.24) is 15.4 Å². The summed E-state index contributed by atoms with van der Waals surface area (Å²) in [5, 5.41) is 17.0. The van der Waals surface area contributed by atoms with Crippen LogP contribution in [0.15, 0.2) is 65.4 Å². The molecule has 1 saturated heterocycles. The number of phenols is 1. The lowest BCUT2D eigenvalue weighted by molar-refractivity contribution is 0.0951. The Morgan fingerprint density at radius 2 is 1.77 bits per heavy atom. The normalized spacial score (nSPS) is 14.6. The Bertz CT molecular complexity index is 965.